The average molecular weight is 477 g/mol. The largest absolute Gasteiger partial charge is 0.494 e. The van der Waals surface area contributed by atoms with E-state index >= 15 is 0 Å². The van der Waals surface area contributed by atoms with Crippen molar-refractivity contribution in [3.05, 3.63) is 54.6 Å². The number of nitrogens with one attached hydrogen (secondary N) is 3. The number of fused-ring (bicyclic) bond motifs is 1. The molecule has 3 aromatic rings. The third-order valence-electron chi connectivity index (χ3n) is 5.67. The van der Waals surface area contributed by atoms with Gasteiger partial charge < -0.3 is 14.8 Å². The molecule has 7 heteroatoms. The molecule has 0 aliphatic heterocycles. The first-order valence-electron chi connectivity index (χ1n) is 12.5. The highest BCUT2D eigenvalue weighted by atomic mass is 16.5. The van der Waals surface area contributed by atoms with E-state index < -0.39 is 0 Å². The number of hydrogen-bond donors (Lipinski definition) is 3. The number of hydrogen-bond acceptors (Lipinski definition) is 5. The summed E-state index contributed by atoms with van der Waals surface area (Å²) >= 11 is 0. The van der Waals surface area contributed by atoms with Crippen LogP contribution in [0.4, 0.5) is 5.69 Å². The van der Waals surface area contributed by atoms with Crippen molar-refractivity contribution in [3.63, 3.8) is 0 Å². The van der Waals surface area contributed by atoms with Gasteiger partial charge in [0.1, 0.15) is 5.75 Å². The molecule has 0 aliphatic carbocycles. The van der Waals surface area contributed by atoms with Gasteiger partial charge in [-0.05, 0) is 62.1 Å². The number of unbranched alkanes of at least 4 members (excludes halogenated alkanes) is 5. The van der Waals surface area contributed by atoms with E-state index in [1.165, 1.54) is 25.7 Å². The molecular formula is C28H36N4O3. The molecule has 0 unspecified atom stereocenters. The summed E-state index contributed by atoms with van der Waals surface area (Å²) in [6.07, 6.45) is 8.63. The zero-order valence-electron chi connectivity index (χ0n) is 20.5. The SMILES string of the molecule is CCCCCCOCCCCCOc1ccc(-c2cc(NC(=N)NC=O)c3ccccc3n2)cc1. The molecule has 7 nitrogen and oxygen atoms in total. The van der Waals surface area contributed by atoms with Gasteiger partial charge in [-0.3, -0.25) is 15.5 Å². The van der Waals surface area contributed by atoms with Crippen LogP contribution in [0.15, 0.2) is 54.6 Å². The Morgan fingerprint density at radius 3 is 2.40 bits per heavy atom. The lowest BCUT2D eigenvalue weighted by molar-refractivity contribution is -0.108. The zero-order valence-corrected chi connectivity index (χ0v) is 20.5. The van der Waals surface area contributed by atoms with Gasteiger partial charge in [0.15, 0.2) is 5.96 Å². The summed E-state index contributed by atoms with van der Waals surface area (Å²) in [7, 11) is 0. The lowest BCUT2D eigenvalue weighted by Gasteiger charge is -2.12. The Morgan fingerprint density at radius 1 is 0.943 bits per heavy atom. The summed E-state index contributed by atoms with van der Waals surface area (Å²) in [4.78, 5) is 15.4. The van der Waals surface area contributed by atoms with Crippen molar-refractivity contribution in [2.24, 2.45) is 0 Å². The number of pyridine rings is 1. The number of aromatic nitrogens is 1. The number of para-hydroxylation sites is 1. The van der Waals surface area contributed by atoms with Crippen molar-refractivity contribution >= 4 is 29.0 Å². The third kappa shape index (κ3) is 8.68. The molecule has 3 rings (SSSR count). The maximum Gasteiger partial charge on any atom is 0.213 e. The zero-order chi connectivity index (χ0) is 24.7. The molecule has 1 heterocycles. The first-order chi connectivity index (χ1) is 17.2. The Hall–Kier alpha value is -3.45. The van der Waals surface area contributed by atoms with E-state index in [4.69, 9.17) is 19.9 Å². The molecule has 0 saturated carbocycles. The molecule has 0 radical (unpaired) electrons. The highest BCUT2D eigenvalue weighted by molar-refractivity contribution is 6.04. The predicted molar refractivity (Wildman–Crippen MR) is 142 cm³/mol. The molecule has 0 saturated heterocycles. The van der Waals surface area contributed by atoms with Crippen LogP contribution in [0.1, 0.15) is 51.9 Å². The maximum atomic E-state index is 10.7. The van der Waals surface area contributed by atoms with Gasteiger partial charge in [0, 0.05) is 24.2 Å². The van der Waals surface area contributed by atoms with Crippen LogP contribution in [0.2, 0.25) is 0 Å². The standard InChI is InChI=1S/C28H36N4O3/c1-2-3-4-8-17-34-18-9-5-10-19-35-23-15-13-22(14-16-23)26-20-27(32-28(29)30-21-33)24-11-6-7-12-25(24)31-26/h6-7,11-16,20-21H,2-5,8-10,17-19H2,1H3,(H3,29,30,31,32,33). The summed E-state index contributed by atoms with van der Waals surface area (Å²) in [5.74, 6) is 0.738. The van der Waals surface area contributed by atoms with Gasteiger partial charge in [-0.15, -0.1) is 0 Å². The van der Waals surface area contributed by atoms with E-state index in [9.17, 15) is 4.79 Å². The molecule has 0 aliphatic rings. The summed E-state index contributed by atoms with van der Waals surface area (Å²) in [6, 6.07) is 17.5. The second kappa shape index (κ2) is 14.7. The minimum Gasteiger partial charge on any atom is -0.494 e. The van der Waals surface area contributed by atoms with E-state index in [1.54, 1.807) is 0 Å². The molecule has 3 N–H and O–H groups in total. The van der Waals surface area contributed by atoms with E-state index in [-0.39, 0.29) is 5.96 Å². The number of nitrogens with zero attached hydrogens (tertiary/aromatic N) is 1. The Bertz CT molecular complexity index is 1070. The molecule has 1 aromatic heterocycles. The van der Waals surface area contributed by atoms with E-state index in [0.717, 1.165) is 60.4 Å². The third-order valence-corrected chi connectivity index (χ3v) is 5.67. The van der Waals surface area contributed by atoms with Crippen molar-refractivity contribution in [1.82, 2.24) is 10.3 Å². The quantitative estimate of drug-likeness (QED) is 0.106. The fraction of sp³-hybridized carbons (Fsp3) is 0.393. The van der Waals surface area contributed by atoms with Gasteiger partial charge in [0.2, 0.25) is 6.41 Å². The van der Waals surface area contributed by atoms with Crippen molar-refractivity contribution in [3.8, 4) is 17.0 Å². The smallest absolute Gasteiger partial charge is 0.213 e. The first-order valence-corrected chi connectivity index (χ1v) is 12.5. The van der Waals surface area contributed by atoms with Crippen LogP contribution in [0.5, 0.6) is 5.75 Å². The van der Waals surface area contributed by atoms with Gasteiger partial charge in [0.05, 0.1) is 23.5 Å². The molecule has 2 aromatic carbocycles. The molecule has 0 bridgehead atoms. The van der Waals surface area contributed by atoms with Crippen LogP contribution < -0.4 is 15.4 Å². The summed E-state index contributed by atoms with van der Waals surface area (Å²) in [6.45, 7) is 4.62. The minimum absolute atomic E-state index is 0.0930. The number of guanidine groups is 1. The molecule has 1 amide bonds. The topological polar surface area (TPSA) is 96.3 Å². The fourth-order valence-electron chi connectivity index (χ4n) is 3.78. The number of rotatable bonds is 15. The van der Waals surface area contributed by atoms with Crippen LogP contribution in [-0.4, -0.2) is 37.2 Å². The molecular weight excluding hydrogens is 440 g/mol. The number of carbonyl (C=O) groups excluding carboxylic acids is 1. The Kier molecular flexibility index (Phi) is 11.0. The highest BCUT2D eigenvalue weighted by Gasteiger charge is 2.09. The van der Waals surface area contributed by atoms with Crippen molar-refractivity contribution in [2.75, 3.05) is 25.1 Å². The number of amides is 1. The lowest BCUT2D eigenvalue weighted by Crippen LogP contribution is -2.28. The van der Waals surface area contributed by atoms with E-state index in [1.807, 2.05) is 54.6 Å². The van der Waals surface area contributed by atoms with Gasteiger partial charge in [-0.1, -0.05) is 44.4 Å². The number of benzene rings is 2. The van der Waals surface area contributed by atoms with Gasteiger partial charge >= 0.3 is 0 Å². The summed E-state index contributed by atoms with van der Waals surface area (Å²) in [5, 5.41) is 14.0. The average Bonchev–Trinajstić information content (AvgIpc) is 2.88. The Morgan fingerprint density at radius 2 is 1.66 bits per heavy atom. The number of anilines is 1. The fourth-order valence-corrected chi connectivity index (χ4v) is 3.78. The minimum atomic E-state index is -0.0930. The van der Waals surface area contributed by atoms with Gasteiger partial charge in [-0.2, -0.15) is 0 Å². The summed E-state index contributed by atoms with van der Waals surface area (Å²) in [5.41, 5.74) is 3.22. The summed E-state index contributed by atoms with van der Waals surface area (Å²) < 4.78 is 11.6. The van der Waals surface area contributed by atoms with Crippen LogP contribution in [0, 0.1) is 5.41 Å². The predicted octanol–water partition coefficient (Wildman–Crippen LogP) is 6.14. The number of ether oxygens (including phenoxy) is 2. The Balaban J connectivity index is 1.49. The lowest BCUT2D eigenvalue weighted by atomic mass is 10.1. The van der Waals surface area contributed by atoms with Crippen molar-refractivity contribution < 1.29 is 14.3 Å². The van der Waals surface area contributed by atoms with Gasteiger partial charge in [0.25, 0.3) is 0 Å². The van der Waals surface area contributed by atoms with E-state index in [0.29, 0.717) is 18.7 Å². The second-order valence-corrected chi connectivity index (χ2v) is 8.44. The van der Waals surface area contributed by atoms with Crippen molar-refractivity contribution in [2.45, 2.75) is 51.9 Å². The Labute approximate surface area is 207 Å². The van der Waals surface area contributed by atoms with Crippen LogP contribution in [-0.2, 0) is 9.53 Å². The molecule has 35 heavy (non-hydrogen) atoms. The maximum absolute atomic E-state index is 10.7. The molecule has 0 atom stereocenters. The normalized spacial score (nSPS) is 10.8. The molecule has 0 spiro atoms. The van der Waals surface area contributed by atoms with E-state index in [2.05, 4.69) is 17.6 Å². The van der Waals surface area contributed by atoms with Crippen molar-refractivity contribution in [1.29, 1.82) is 5.41 Å². The first kappa shape index (κ1) is 26.2. The molecule has 0 fully saturated rings. The van der Waals surface area contributed by atoms with Crippen LogP contribution >= 0.6 is 0 Å². The highest BCUT2D eigenvalue weighted by Crippen LogP contribution is 2.29. The second-order valence-electron chi connectivity index (χ2n) is 8.44. The monoisotopic (exact) mass is 476 g/mol. The molecule has 186 valence electrons. The van der Waals surface area contributed by atoms with Crippen LogP contribution in [0.3, 0.4) is 0 Å². The van der Waals surface area contributed by atoms with Gasteiger partial charge in [-0.25, -0.2) is 4.98 Å². The number of carbonyl (C=O) groups is 1. The van der Waals surface area contributed by atoms with Crippen LogP contribution in [0.25, 0.3) is 22.2 Å².